The number of thiophene rings is 1. The van der Waals surface area contributed by atoms with Gasteiger partial charge in [0.05, 0.1) is 6.04 Å². The van der Waals surface area contributed by atoms with Crippen molar-refractivity contribution in [1.82, 2.24) is 0 Å². The minimum atomic E-state index is -0.395. The molecule has 1 aliphatic rings. The van der Waals surface area contributed by atoms with E-state index in [9.17, 15) is 4.39 Å². The van der Waals surface area contributed by atoms with E-state index in [4.69, 9.17) is 17.3 Å². The zero-order chi connectivity index (χ0) is 13.4. The predicted molar refractivity (Wildman–Crippen MR) is 78.4 cm³/mol. The normalized spacial score (nSPS) is 16.2. The molecule has 0 spiro atoms. The zero-order valence-corrected chi connectivity index (χ0v) is 12.0. The highest BCUT2D eigenvalue weighted by Gasteiger charge is 2.20. The number of halogens is 2. The van der Waals surface area contributed by atoms with Gasteiger partial charge in [-0.2, -0.15) is 0 Å². The Morgan fingerprint density at radius 3 is 2.74 bits per heavy atom. The van der Waals surface area contributed by atoms with Crippen molar-refractivity contribution in [3.8, 4) is 0 Å². The Kier molecular flexibility index (Phi) is 3.61. The van der Waals surface area contributed by atoms with Gasteiger partial charge >= 0.3 is 0 Å². The van der Waals surface area contributed by atoms with Crippen LogP contribution < -0.4 is 5.73 Å². The van der Waals surface area contributed by atoms with Gasteiger partial charge in [0, 0.05) is 20.3 Å². The minimum Gasteiger partial charge on any atom is -0.320 e. The van der Waals surface area contributed by atoms with Crippen LogP contribution in [-0.2, 0) is 12.8 Å². The molecule has 0 saturated heterocycles. The van der Waals surface area contributed by atoms with Crippen LogP contribution in [0.4, 0.5) is 4.39 Å². The highest BCUT2D eigenvalue weighted by molar-refractivity contribution is 7.12. The summed E-state index contributed by atoms with van der Waals surface area (Å²) >= 11 is 7.50. The van der Waals surface area contributed by atoms with E-state index in [-0.39, 0.29) is 5.82 Å². The first-order chi connectivity index (χ1) is 9.15. The van der Waals surface area contributed by atoms with Gasteiger partial charge in [-0.05, 0) is 49.4 Å². The fourth-order valence-corrected chi connectivity index (χ4v) is 4.01. The molecule has 0 radical (unpaired) electrons. The van der Waals surface area contributed by atoms with Crippen LogP contribution in [0.15, 0.2) is 24.3 Å². The van der Waals surface area contributed by atoms with Crippen LogP contribution in [0, 0.1) is 5.82 Å². The van der Waals surface area contributed by atoms with Gasteiger partial charge in [0.1, 0.15) is 5.82 Å². The molecule has 0 fully saturated rings. The summed E-state index contributed by atoms with van der Waals surface area (Å²) in [5.74, 6) is -0.327. The number of rotatable bonds is 2. The fourth-order valence-electron chi connectivity index (χ4n) is 2.57. The molecular formula is C15H15ClFNS. The van der Waals surface area contributed by atoms with Gasteiger partial charge in [0.25, 0.3) is 0 Å². The Labute approximate surface area is 121 Å². The Morgan fingerprint density at radius 2 is 2.00 bits per heavy atom. The van der Waals surface area contributed by atoms with E-state index < -0.39 is 6.04 Å². The minimum absolute atomic E-state index is 0.327. The lowest BCUT2D eigenvalue weighted by Crippen LogP contribution is -2.12. The quantitative estimate of drug-likeness (QED) is 0.869. The van der Waals surface area contributed by atoms with Gasteiger partial charge < -0.3 is 5.73 Å². The molecule has 1 atom stereocenters. The lowest BCUT2D eigenvalue weighted by molar-refractivity contribution is 0.601. The number of hydrogen-bond donors (Lipinski definition) is 1. The molecule has 1 nitrogen and oxygen atoms in total. The van der Waals surface area contributed by atoms with E-state index in [1.807, 2.05) is 0 Å². The van der Waals surface area contributed by atoms with Crippen LogP contribution >= 0.6 is 22.9 Å². The van der Waals surface area contributed by atoms with E-state index in [0.29, 0.717) is 10.6 Å². The second-order valence-electron chi connectivity index (χ2n) is 4.95. The highest BCUT2D eigenvalue weighted by Crippen LogP contribution is 2.35. The van der Waals surface area contributed by atoms with Gasteiger partial charge in [-0.3, -0.25) is 0 Å². The SMILES string of the molecule is NC(c1cc2c(s1)CCCC2)c1ccc(Cl)cc1F. The lowest BCUT2D eigenvalue weighted by Gasteiger charge is -2.11. The summed E-state index contributed by atoms with van der Waals surface area (Å²) < 4.78 is 13.9. The third kappa shape index (κ3) is 2.55. The second-order valence-corrected chi connectivity index (χ2v) is 6.55. The second kappa shape index (κ2) is 5.23. The number of nitrogens with two attached hydrogens (primary N) is 1. The van der Waals surface area contributed by atoms with E-state index in [1.54, 1.807) is 23.5 Å². The Morgan fingerprint density at radius 1 is 1.21 bits per heavy atom. The van der Waals surface area contributed by atoms with Crippen molar-refractivity contribution in [2.24, 2.45) is 5.73 Å². The predicted octanol–water partition coefficient (Wildman–Crippen LogP) is 4.47. The van der Waals surface area contributed by atoms with Crippen LogP contribution in [0.5, 0.6) is 0 Å². The summed E-state index contributed by atoms with van der Waals surface area (Å²) in [5.41, 5.74) is 8.12. The Hall–Kier alpha value is -0.900. The van der Waals surface area contributed by atoms with Crippen molar-refractivity contribution in [2.75, 3.05) is 0 Å². The van der Waals surface area contributed by atoms with E-state index in [0.717, 1.165) is 17.7 Å². The average molecular weight is 296 g/mol. The molecule has 2 N–H and O–H groups in total. The first kappa shape index (κ1) is 13.1. The molecule has 19 heavy (non-hydrogen) atoms. The molecule has 0 bridgehead atoms. The topological polar surface area (TPSA) is 26.0 Å². The third-order valence-corrected chi connectivity index (χ3v) is 5.18. The first-order valence-corrected chi connectivity index (χ1v) is 7.66. The standard InChI is InChI=1S/C15H15ClFNS/c16-10-5-6-11(12(17)8-10)15(18)14-7-9-3-1-2-4-13(9)19-14/h5-8,15H,1-4,18H2. The maximum atomic E-state index is 13.9. The van der Waals surface area contributed by atoms with Crippen molar-refractivity contribution in [3.63, 3.8) is 0 Å². The van der Waals surface area contributed by atoms with Gasteiger partial charge in [-0.25, -0.2) is 4.39 Å². The van der Waals surface area contributed by atoms with Crippen molar-refractivity contribution in [1.29, 1.82) is 0 Å². The number of fused-ring (bicyclic) bond motifs is 1. The van der Waals surface area contributed by atoms with Crippen LogP contribution in [0.3, 0.4) is 0 Å². The van der Waals surface area contributed by atoms with Gasteiger partial charge in [-0.1, -0.05) is 17.7 Å². The average Bonchev–Trinajstić information content (AvgIpc) is 2.81. The summed E-state index contributed by atoms with van der Waals surface area (Å²) in [4.78, 5) is 2.47. The molecule has 0 aliphatic heterocycles. The molecular weight excluding hydrogens is 281 g/mol. The summed E-state index contributed by atoms with van der Waals surface area (Å²) in [5, 5.41) is 0.402. The van der Waals surface area contributed by atoms with E-state index in [2.05, 4.69) is 6.07 Å². The number of hydrogen-bond acceptors (Lipinski definition) is 2. The van der Waals surface area contributed by atoms with Crippen LogP contribution in [0.25, 0.3) is 0 Å². The molecule has 1 heterocycles. The molecule has 1 aromatic carbocycles. The van der Waals surface area contributed by atoms with Crippen molar-refractivity contribution >= 4 is 22.9 Å². The monoisotopic (exact) mass is 295 g/mol. The molecule has 1 aromatic heterocycles. The van der Waals surface area contributed by atoms with E-state index >= 15 is 0 Å². The van der Waals surface area contributed by atoms with Gasteiger partial charge in [0.15, 0.2) is 0 Å². The molecule has 0 amide bonds. The van der Waals surface area contributed by atoms with Crippen LogP contribution in [-0.4, -0.2) is 0 Å². The van der Waals surface area contributed by atoms with Crippen molar-refractivity contribution in [3.05, 3.63) is 56.0 Å². The number of aryl methyl sites for hydroxylation is 2. The Bertz CT molecular complexity index is 585. The summed E-state index contributed by atoms with van der Waals surface area (Å²) in [7, 11) is 0. The molecule has 3 rings (SSSR count). The van der Waals surface area contributed by atoms with Gasteiger partial charge in [0.2, 0.25) is 0 Å². The summed E-state index contributed by atoms with van der Waals surface area (Å²) in [6, 6.07) is 6.45. The maximum absolute atomic E-state index is 13.9. The third-order valence-electron chi connectivity index (χ3n) is 3.62. The molecule has 100 valence electrons. The molecule has 4 heteroatoms. The van der Waals surface area contributed by atoms with Gasteiger partial charge in [-0.15, -0.1) is 11.3 Å². The summed E-state index contributed by atoms with van der Waals surface area (Å²) in [6.45, 7) is 0. The fraction of sp³-hybridized carbons (Fsp3) is 0.333. The number of benzene rings is 1. The van der Waals surface area contributed by atoms with E-state index in [1.165, 1.54) is 29.3 Å². The maximum Gasteiger partial charge on any atom is 0.129 e. The summed E-state index contributed by atoms with van der Waals surface area (Å²) in [6.07, 6.45) is 4.75. The molecule has 1 unspecified atom stereocenters. The Balaban J connectivity index is 1.94. The van der Waals surface area contributed by atoms with Crippen molar-refractivity contribution in [2.45, 2.75) is 31.7 Å². The first-order valence-electron chi connectivity index (χ1n) is 6.47. The largest absolute Gasteiger partial charge is 0.320 e. The molecule has 2 aromatic rings. The lowest BCUT2D eigenvalue weighted by atomic mass is 9.98. The van der Waals surface area contributed by atoms with Crippen LogP contribution in [0.1, 0.15) is 39.8 Å². The molecule has 1 aliphatic carbocycles. The van der Waals surface area contributed by atoms with Crippen molar-refractivity contribution < 1.29 is 4.39 Å². The highest BCUT2D eigenvalue weighted by atomic mass is 35.5. The smallest absolute Gasteiger partial charge is 0.129 e. The zero-order valence-electron chi connectivity index (χ0n) is 10.5. The molecule has 0 saturated carbocycles. The van der Waals surface area contributed by atoms with Crippen LogP contribution in [0.2, 0.25) is 5.02 Å².